The van der Waals surface area contributed by atoms with E-state index >= 15 is 0 Å². The summed E-state index contributed by atoms with van der Waals surface area (Å²) in [6.07, 6.45) is 0.602. The number of hydrogen-bond acceptors (Lipinski definition) is 6. The maximum absolute atomic E-state index is 12.7. The van der Waals surface area contributed by atoms with E-state index in [1.165, 1.54) is 4.90 Å². The number of hydrogen-bond donors (Lipinski definition) is 2. The van der Waals surface area contributed by atoms with Crippen LogP contribution in [-0.4, -0.2) is 40.7 Å². The maximum Gasteiger partial charge on any atom is 0.298 e. The summed E-state index contributed by atoms with van der Waals surface area (Å²) in [5.74, 6) is -0.0360. The number of amides is 2. The van der Waals surface area contributed by atoms with Crippen LogP contribution in [0.1, 0.15) is 11.1 Å². The largest absolute Gasteiger partial charge is 0.489 e. The molecule has 2 aromatic carbocycles. The molecular formula is C20H18ClNO5S. The average Bonchev–Trinajstić information content (AvgIpc) is 2.94. The number of benzene rings is 2. The number of carbonyl (C=O) groups is 2. The minimum Gasteiger partial charge on any atom is -0.489 e. The van der Waals surface area contributed by atoms with Crippen LogP contribution in [0.5, 0.6) is 5.75 Å². The number of rotatable bonds is 6. The van der Waals surface area contributed by atoms with E-state index in [-0.39, 0.29) is 22.8 Å². The predicted molar refractivity (Wildman–Crippen MR) is 110 cm³/mol. The van der Waals surface area contributed by atoms with Crippen LogP contribution in [0, 0.1) is 6.92 Å². The molecule has 0 bridgehead atoms. The molecule has 6 nitrogen and oxygen atoms in total. The number of anilines is 1. The van der Waals surface area contributed by atoms with Gasteiger partial charge in [-0.2, -0.15) is 0 Å². The van der Waals surface area contributed by atoms with Crippen LogP contribution < -0.4 is 9.64 Å². The van der Waals surface area contributed by atoms with E-state index in [1.807, 2.05) is 19.1 Å². The molecule has 2 N–H and O–H groups in total. The van der Waals surface area contributed by atoms with Crippen LogP contribution in [-0.2, 0) is 4.79 Å². The normalized spacial score (nSPS) is 16.7. The first-order valence-corrected chi connectivity index (χ1v) is 9.65. The molecule has 0 saturated carbocycles. The Morgan fingerprint density at radius 1 is 1.25 bits per heavy atom. The van der Waals surface area contributed by atoms with E-state index in [0.29, 0.717) is 21.9 Å². The van der Waals surface area contributed by atoms with Crippen molar-refractivity contribution in [1.29, 1.82) is 0 Å². The topological polar surface area (TPSA) is 87.1 Å². The Morgan fingerprint density at radius 2 is 2.00 bits per heavy atom. The van der Waals surface area contributed by atoms with Crippen LogP contribution in [0.3, 0.4) is 0 Å². The van der Waals surface area contributed by atoms with E-state index in [9.17, 15) is 14.7 Å². The number of aliphatic hydroxyl groups is 2. The Kier molecular flexibility index (Phi) is 6.41. The van der Waals surface area contributed by atoms with Gasteiger partial charge in [0.15, 0.2) is 0 Å². The lowest BCUT2D eigenvalue weighted by molar-refractivity contribution is -0.113. The number of aliphatic hydroxyl groups excluding tert-OH is 2. The monoisotopic (exact) mass is 419 g/mol. The summed E-state index contributed by atoms with van der Waals surface area (Å²) in [5.41, 5.74) is 2.04. The summed E-state index contributed by atoms with van der Waals surface area (Å²) >= 11 is 7.06. The van der Waals surface area contributed by atoms with Gasteiger partial charge in [0.05, 0.1) is 22.2 Å². The van der Waals surface area contributed by atoms with Gasteiger partial charge in [0.25, 0.3) is 11.1 Å². The molecule has 146 valence electrons. The number of carbonyl (C=O) groups excluding carboxylic acids is 2. The highest BCUT2D eigenvalue weighted by Gasteiger charge is 2.36. The minimum absolute atomic E-state index is 0.0924. The van der Waals surface area contributed by atoms with Crippen molar-refractivity contribution < 1.29 is 24.5 Å². The fourth-order valence-corrected chi connectivity index (χ4v) is 3.68. The Balaban J connectivity index is 1.80. The first kappa shape index (κ1) is 20.4. The molecule has 0 radical (unpaired) electrons. The van der Waals surface area contributed by atoms with Crippen molar-refractivity contribution in [3.05, 3.63) is 63.5 Å². The van der Waals surface area contributed by atoms with E-state index in [2.05, 4.69) is 0 Å². The van der Waals surface area contributed by atoms with Gasteiger partial charge in [-0.05, 0) is 54.1 Å². The smallest absolute Gasteiger partial charge is 0.298 e. The van der Waals surface area contributed by atoms with Gasteiger partial charge in [0.2, 0.25) is 0 Å². The third-order valence-electron chi connectivity index (χ3n) is 4.05. The third-order valence-corrected chi connectivity index (χ3v) is 5.21. The minimum atomic E-state index is -0.996. The van der Waals surface area contributed by atoms with E-state index in [0.717, 1.165) is 17.3 Å². The number of thioether (sulfide) groups is 1. The number of nitrogens with zero attached hydrogens (tertiary/aromatic N) is 1. The Morgan fingerprint density at radius 3 is 2.68 bits per heavy atom. The van der Waals surface area contributed by atoms with Crippen LogP contribution in [0.4, 0.5) is 10.5 Å². The number of imide groups is 1. The van der Waals surface area contributed by atoms with Crippen molar-refractivity contribution in [2.75, 3.05) is 18.1 Å². The second-order valence-electron chi connectivity index (χ2n) is 6.14. The maximum atomic E-state index is 12.7. The predicted octanol–water partition coefficient (Wildman–Crippen LogP) is 3.62. The fourth-order valence-electron chi connectivity index (χ4n) is 2.60. The molecule has 2 amide bonds. The zero-order valence-corrected chi connectivity index (χ0v) is 16.5. The molecule has 1 heterocycles. The number of halogens is 1. The zero-order valence-electron chi connectivity index (χ0n) is 15.0. The lowest BCUT2D eigenvalue weighted by Gasteiger charge is -2.14. The summed E-state index contributed by atoms with van der Waals surface area (Å²) in [6.45, 7) is 1.34. The standard InChI is InChI=1S/C20H18ClNO5S/c1-12-4-2-3-5-16(12)22-19(25)18(28-20(22)26)9-13-6-7-17(15(21)8-13)27-11-14(24)10-23/h2-9,14,23-24H,10-11H2,1H3/b18-9+. The molecule has 1 saturated heterocycles. The van der Waals surface area contributed by atoms with Gasteiger partial charge in [0.1, 0.15) is 18.5 Å². The molecule has 1 aliphatic rings. The number of para-hydroxylation sites is 1. The fraction of sp³-hybridized carbons (Fsp3) is 0.200. The Hall–Kier alpha value is -2.32. The molecule has 1 fully saturated rings. The van der Waals surface area contributed by atoms with Crippen molar-refractivity contribution >= 4 is 46.3 Å². The van der Waals surface area contributed by atoms with E-state index in [4.69, 9.17) is 21.4 Å². The molecule has 28 heavy (non-hydrogen) atoms. The van der Waals surface area contributed by atoms with Gasteiger partial charge in [-0.15, -0.1) is 0 Å². The van der Waals surface area contributed by atoms with Crippen molar-refractivity contribution in [2.24, 2.45) is 0 Å². The number of ether oxygens (including phenoxy) is 1. The molecule has 1 unspecified atom stereocenters. The summed E-state index contributed by atoms with van der Waals surface area (Å²) < 4.78 is 5.34. The summed E-state index contributed by atoms with van der Waals surface area (Å²) in [6, 6.07) is 12.1. The molecule has 0 aromatic heterocycles. The van der Waals surface area contributed by atoms with Gasteiger partial charge in [-0.1, -0.05) is 35.9 Å². The lowest BCUT2D eigenvalue weighted by atomic mass is 10.1. The summed E-state index contributed by atoms with van der Waals surface area (Å²) in [7, 11) is 0. The highest BCUT2D eigenvalue weighted by atomic mass is 35.5. The summed E-state index contributed by atoms with van der Waals surface area (Å²) in [4.78, 5) is 26.6. The lowest BCUT2D eigenvalue weighted by Crippen LogP contribution is -2.28. The molecule has 1 aliphatic heterocycles. The van der Waals surface area contributed by atoms with Crippen molar-refractivity contribution in [2.45, 2.75) is 13.0 Å². The quantitative estimate of drug-likeness (QED) is 0.695. The van der Waals surface area contributed by atoms with Crippen LogP contribution in [0.15, 0.2) is 47.4 Å². The van der Waals surface area contributed by atoms with Crippen LogP contribution in [0.2, 0.25) is 5.02 Å². The van der Waals surface area contributed by atoms with Gasteiger partial charge < -0.3 is 14.9 Å². The zero-order chi connectivity index (χ0) is 20.3. The van der Waals surface area contributed by atoms with Gasteiger partial charge in [0, 0.05) is 0 Å². The molecule has 0 aliphatic carbocycles. The Bertz CT molecular complexity index is 946. The Labute approximate surface area is 171 Å². The third kappa shape index (κ3) is 4.39. The van der Waals surface area contributed by atoms with Gasteiger partial charge in [-0.3, -0.25) is 9.59 Å². The highest BCUT2D eigenvalue weighted by Crippen LogP contribution is 2.37. The molecule has 8 heteroatoms. The van der Waals surface area contributed by atoms with Gasteiger partial charge >= 0.3 is 0 Å². The van der Waals surface area contributed by atoms with Crippen molar-refractivity contribution in [1.82, 2.24) is 0 Å². The average molecular weight is 420 g/mol. The first-order valence-electron chi connectivity index (χ1n) is 8.45. The summed E-state index contributed by atoms with van der Waals surface area (Å²) in [5, 5.41) is 18.1. The van der Waals surface area contributed by atoms with Crippen molar-refractivity contribution in [3.63, 3.8) is 0 Å². The highest BCUT2D eigenvalue weighted by molar-refractivity contribution is 8.19. The van der Waals surface area contributed by atoms with E-state index < -0.39 is 12.7 Å². The molecular weight excluding hydrogens is 402 g/mol. The second kappa shape index (κ2) is 8.79. The van der Waals surface area contributed by atoms with Crippen LogP contribution in [0.25, 0.3) is 6.08 Å². The first-order chi connectivity index (χ1) is 13.4. The molecule has 0 spiro atoms. The van der Waals surface area contributed by atoms with Gasteiger partial charge in [-0.25, -0.2) is 4.90 Å². The van der Waals surface area contributed by atoms with E-state index in [1.54, 1.807) is 36.4 Å². The van der Waals surface area contributed by atoms with Crippen LogP contribution >= 0.6 is 23.4 Å². The molecule has 1 atom stereocenters. The SMILES string of the molecule is Cc1ccccc1N1C(=O)S/C(=C/c2ccc(OCC(O)CO)c(Cl)c2)C1=O. The number of aryl methyl sites for hydroxylation is 1. The second-order valence-corrected chi connectivity index (χ2v) is 7.54. The van der Waals surface area contributed by atoms with Crippen molar-refractivity contribution in [3.8, 4) is 5.75 Å². The molecule has 2 aromatic rings. The molecule has 3 rings (SSSR count).